The third-order valence-electron chi connectivity index (χ3n) is 3.78. The van der Waals surface area contributed by atoms with E-state index in [0.717, 1.165) is 0 Å². The van der Waals surface area contributed by atoms with Crippen molar-refractivity contribution in [2.75, 3.05) is 0 Å². The summed E-state index contributed by atoms with van der Waals surface area (Å²) in [6.07, 6.45) is 12.3. The molecule has 0 aromatic rings. The summed E-state index contributed by atoms with van der Waals surface area (Å²) in [6.45, 7) is 15.0. The maximum absolute atomic E-state index is 2.50. The molecule has 0 atom stereocenters. The average Bonchev–Trinajstić information content (AvgIpc) is 2.83. The third-order valence-corrected chi connectivity index (χ3v) is 13.0. The summed E-state index contributed by atoms with van der Waals surface area (Å²) in [5, 5.41) is 3.57. The number of rotatable bonds is 4. The molecule has 2 rings (SSSR count). The van der Waals surface area contributed by atoms with Crippen LogP contribution in [0, 0.1) is 0 Å². The summed E-state index contributed by atoms with van der Waals surface area (Å²) >= 11 is -0.505. The normalized spacial score (nSPS) is 17.8. The SMILES string of the molecule is C[Si](C)(C)C1=[C]([Zr+2][C]2=C([Si](C)(C)C)C=CC2)CC=C1.[F-].[F-]. The predicted octanol–water partition coefficient (Wildman–Crippen LogP) is -0.740. The largest absolute Gasteiger partial charge is 1.00 e. The molecule has 0 aromatic heterocycles. The van der Waals surface area contributed by atoms with Crippen LogP contribution in [-0.2, 0) is 23.2 Å². The monoisotopic (exact) mass is 402 g/mol. The van der Waals surface area contributed by atoms with E-state index < -0.39 is 39.4 Å². The van der Waals surface area contributed by atoms with Gasteiger partial charge in [0.15, 0.2) is 0 Å². The first kappa shape index (κ1) is 21.1. The molecule has 0 heterocycles. The molecule has 2 aliphatic rings. The second-order valence-corrected chi connectivity index (χ2v) is 21.3. The van der Waals surface area contributed by atoms with E-state index in [4.69, 9.17) is 0 Å². The van der Waals surface area contributed by atoms with Gasteiger partial charge in [0.25, 0.3) is 0 Å². The first-order valence-electron chi connectivity index (χ1n) is 7.27. The van der Waals surface area contributed by atoms with Crippen LogP contribution in [0.1, 0.15) is 12.8 Å². The van der Waals surface area contributed by atoms with Gasteiger partial charge in [0.2, 0.25) is 0 Å². The Morgan fingerprint density at radius 2 is 1.05 bits per heavy atom. The molecule has 0 saturated carbocycles. The summed E-state index contributed by atoms with van der Waals surface area (Å²) in [7, 11) is -2.25. The number of allylic oxidation sites excluding steroid dienone is 8. The van der Waals surface area contributed by atoms with E-state index in [0.29, 0.717) is 0 Å². The van der Waals surface area contributed by atoms with Crippen LogP contribution in [0.5, 0.6) is 0 Å². The summed E-state index contributed by atoms with van der Waals surface area (Å²) in [4.78, 5) is 0. The summed E-state index contributed by atoms with van der Waals surface area (Å²) in [5.41, 5.74) is 0. The first-order valence-corrected chi connectivity index (χ1v) is 16.7. The molecule has 0 unspecified atom stereocenters. The number of halogens is 2. The fraction of sp³-hybridized carbons (Fsp3) is 0.500. The van der Waals surface area contributed by atoms with Gasteiger partial charge >= 0.3 is 133 Å². The van der Waals surface area contributed by atoms with Crippen LogP contribution in [0.25, 0.3) is 0 Å². The van der Waals surface area contributed by atoms with E-state index in [1.54, 1.807) is 10.4 Å². The van der Waals surface area contributed by atoms with Gasteiger partial charge in [-0.15, -0.1) is 0 Å². The molecule has 0 aromatic carbocycles. The Kier molecular flexibility index (Phi) is 7.66. The van der Waals surface area contributed by atoms with Gasteiger partial charge in [0.1, 0.15) is 0 Å². The van der Waals surface area contributed by atoms with Crippen LogP contribution in [-0.4, -0.2) is 16.1 Å². The molecular weight excluding hydrogens is 378 g/mol. The molecule has 2 aliphatic carbocycles. The second kappa shape index (κ2) is 7.61. The van der Waals surface area contributed by atoms with Gasteiger partial charge < -0.3 is 9.41 Å². The topological polar surface area (TPSA) is 0 Å². The van der Waals surface area contributed by atoms with E-state index in [2.05, 4.69) is 63.6 Å². The van der Waals surface area contributed by atoms with E-state index in [9.17, 15) is 0 Å². The van der Waals surface area contributed by atoms with Gasteiger partial charge in [-0.1, -0.05) is 0 Å². The summed E-state index contributed by atoms with van der Waals surface area (Å²) < 4.78 is 3.77. The maximum Gasteiger partial charge on any atom is -1.00 e. The zero-order chi connectivity index (χ0) is 14.3. The van der Waals surface area contributed by atoms with Crippen LogP contribution in [0.15, 0.2) is 41.3 Å². The molecule has 116 valence electrons. The van der Waals surface area contributed by atoms with Crippen LogP contribution in [0.4, 0.5) is 0 Å². The minimum absolute atomic E-state index is 0. The Balaban J connectivity index is 0.00000200. The molecule has 0 fully saturated rings. The molecule has 0 bridgehead atoms. The molecule has 0 amide bonds. The first-order chi connectivity index (χ1) is 8.69. The van der Waals surface area contributed by atoms with E-state index in [-0.39, 0.29) is 9.41 Å². The van der Waals surface area contributed by atoms with Crippen molar-refractivity contribution in [1.29, 1.82) is 0 Å². The van der Waals surface area contributed by atoms with Crippen molar-refractivity contribution in [3.63, 3.8) is 0 Å². The number of hydrogen-bond donors (Lipinski definition) is 0. The molecule has 0 aliphatic heterocycles. The minimum atomic E-state index is -1.12. The predicted molar refractivity (Wildman–Crippen MR) is 88.3 cm³/mol. The molecule has 0 N–H and O–H groups in total. The van der Waals surface area contributed by atoms with Gasteiger partial charge in [-0.05, 0) is 0 Å². The summed E-state index contributed by atoms with van der Waals surface area (Å²) in [6, 6.07) is 0. The Labute approximate surface area is 141 Å². The zero-order valence-corrected chi connectivity index (χ0v) is 18.4. The van der Waals surface area contributed by atoms with Gasteiger partial charge in [0.05, 0.1) is 0 Å². The van der Waals surface area contributed by atoms with Crippen molar-refractivity contribution in [1.82, 2.24) is 0 Å². The van der Waals surface area contributed by atoms with Crippen molar-refractivity contribution >= 4 is 16.1 Å². The smallest absolute Gasteiger partial charge is 1.00 e. The Morgan fingerprint density at radius 1 is 0.714 bits per heavy atom. The minimum Gasteiger partial charge on any atom is -1.00 e. The molecule has 21 heavy (non-hydrogen) atoms. The Morgan fingerprint density at radius 3 is 1.33 bits per heavy atom. The molecule has 0 saturated heterocycles. The standard InChI is InChI=1S/2C8H13Si.2FH.Zr/c2*1-9(2,3)8-6-4-5-7-8;;;/h2*4,6H,5H2,1-3H3;2*1H;/q;;;;+2/p-2. The van der Waals surface area contributed by atoms with Crippen molar-refractivity contribution < 1.29 is 32.6 Å². The molecule has 0 nitrogen and oxygen atoms in total. The van der Waals surface area contributed by atoms with Crippen LogP contribution >= 0.6 is 0 Å². The van der Waals surface area contributed by atoms with E-state index in [1.807, 2.05) is 6.56 Å². The third kappa shape index (κ3) is 5.07. The molecule has 5 heteroatoms. The maximum atomic E-state index is 2.50. The van der Waals surface area contributed by atoms with E-state index in [1.165, 1.54) is 12.8 Å². The van der Waals surface area contributed by atoms with Crippen molar-refractivity contribution in [2.24, 2.45) is 0 Å². The summed E-state index contributed by atoms with van der Waals surface area (Å²) in [5.74, 6) is 0. The Bertz CT molecular complexity index is 457. The van der Waals surface area contributed by atoms with Gasteiger partial charge in [-0.3, -0.25) is 0 Å². The average molecular weight is 404 g/mol. The number of hydrogen-bond acceptors (Lipinski definition) is 0. The van der Waals surface area contributed by atoms with Crippen molar-refractivity contribution in [2.45, 2.75) is 52.1 Å². The van der Waals surface area contributed by atoms with Crippen LogP contribution in [0.2, 0.25) is 39.3 Å². The van der Waals surface area contributed by atoms with Gasteiger partial charge in [-0.25, -0.2) is 0 Å². The molecular formula is C16H26F2Si2Zr. The van der Waals surface area contributed by atoms with Gasteiger partial charge in [-0.2, -0.15) is 0 Å². The van der Waals surface area contributed by atoms with Crippen LogP contribution in [0.3, 0.4) is 0 Å². The quantitative estimate of drug-likeness (QED) is 0.543. The Hall–Kier alpha value is 0.137. The molecule has 0 radical (unpaired) electrons. The van der Waals surface area contributed by atoms with Crippen molar-refractivity contribution in [3.8, 4) is 0 Å². The zero-order valence-electron chi connectivity index (χ0n) is 14.0. The van der Waals surface area contributed by atoms with Crippen molar-refractivity contribution in [3.05, 3.63) is 41.3 Å². The fourth-order valence-electron chi connectivity index (χ4n) is 2.83. The fourth-order valence-corrected chi connectivity index (χ4v) is 15.4. The van der Waals surface area contributed by atoms with Gasteiger partial charge in [0, 0.05) is 0 Å². The molecule has 0 spiro atoms. The second-order valence-electron chi connectivity index (χ2n) is 7.62. The van der Waals surface area contributed by atoms with Crippen LogP contribution < -0.4 is 9.41 Å². The van der Waals surface area contributed by atoms with E-state index >= 15 is 0 Å².